The van der Waals surface area contributed by atoms with Crippen LogP contribution in [0.5, 0.6) is 5.75 Å². The van der Waals surface area contributed by atoms with Gasteiger partial charge in [-0.25, -0.2) is 13.4 Å². The molecule has 12 heteroatoms. The molecule has 1 aromatic heterocycles. The Morgan fingerprint density at radius 1 is 1.03 bits per heavy atom. The van der Waals surface area contributed by atoms with Gasteiger partial charge in [0.05, 0.1) is 16.7 Å². The molecule has 4 aromatic rings. The number of aromatic nitrogens is 1. The first-order valence-corrected chi connectivity index (χ1v) is 15.1. The van der Waals surface area contributed by atoms with Crippen molar-refractivity contribution in [1.82, 2.24) is 15.2 Å². The molecule has 5 rings (SSSR count). The van der Waals surface area contributed by atoms with Gasteiger partial charge in [0.15, 0.2) is 5.13 Å². The first-order chi connectivity index (χ1) is 18.8. The Labute approximate surface area is 236 Å². The number of anilines is 2. The number of amides is 1. The summed E-state index contributed by atoms with van der Waals surface area (Å²) in [6.45, 7) is 4.75. The van der Waals surface area contributed by atoms with E-state index in [1.165, 1.54) is 24.3 Å². The number of ether oxygens (including phenoxy) is 1. The van der Waals surface area contributed by atoms with E-state index in [0.717, 1.165) is 53.8 Å². The van der Waals surface area contributed by atoms with Crippen molar-refractivity contribution in [2.45, 2.75) is 4.90 Å². The number of methoxy groups -OCH3 is 1. The standard InChI is InChI=1S/C27H28ClN5O4S2/c1-37-23-3-2-4-24-25(23)30-27(38-24)33-17-15-32(16-18-33)14-13-29-26(34)19-5-9-21(10-6-19)31-39(35,36)22-11-7-20(28)8-12-22/h2-12,31H,13-18H2,1H3,(H,29,34). The maximum atomic E-state index is 12.6. The summed E-state index contributed by atoms with van der Waals surface area (Å²) in [7, 11) is -2.09. The van der Waals surface area contributed by atoms with Crippen molar-refractivity contribution in [2.75, 3.05) is 56.0 Å². The fourth-order valence-electron chi connectivity index (χ4n) is 4.32. The van der Waals surface area contributed by atoms with E-state index in [2.05, 4.69) is 25.9 Å². The van der Waals surface area contributed by atoms with Gasteiger partial charge in [-0.05, 0) is 60.7 Å². The van der Waals surface area contributed by atoms with Gasteiger partial charge >= 0.3 is 0 Å². The van der Waals surface area contributed by atoms with Gasteiger partial charge in [0.1, 0.15) is 11.3 Å². The molecule has 0 bridgehead atoms. The molecule has 3 aromatic carbocycles. The highest BCUT2D eigenvalue weighted by Gasteiger charge is 2.21. The maximum absolute atomic E-state index is 12.6. The SMILES string of the molecule is COc1cccc2sc(N3CCN(CCNC(=O)c4ccc(NS(=O)(=O)c5ccc(Cl)cc5)cc4)CC3)nc12. The van der Waals surface area contributed by atoms with E-state index in [0.29, 0.717) is 22.8 Å². The van der Waals surface area contributed by atoms with Gasteiger partial charge < -0.3 is 15.0 Å². The number of thiazole rings is 1. The fourth-order valence-corrected chi connectivity index (χ4v) is 6.54. The highest BCUT2D eigenvalue weighted by atomic mass is 35.5. The van der Waals surface area contributed by atoms with Crippen molar-refractivity contribution >= 4 is 59.9 Å². The molecule has 39 heavy (non-hydrogen) atoms. The zero-order valence-electron chi connectivity index (χ0n) is 21.3. The van der Waals surface area contributed by atoms with E-state index < -0.39 is 10.0 Å². The number of halogens is 1. The Kier molecular flexibility index (Phi) is 8.22. The molecule has 1 saturated heterocycles. The largest absolute Gasteiger partial charge is 0.494 e. The second-order valence-electron chi connectivity index (χ2n) is 9.02. The number of benzene rings is 3. The van der Waals surface area contributed by atoms with Crippen LogP contribution < -0.4 is 19.7 Å². The lowest BCUT2D eigenvalue weighted by Crippen LogP contribution is -2.48. The van der Waals surface area contributed by atoms with Crippen molar-refractivity contribution in [1.29, 1.82) is 0 Å². The van der Waals surface area contributed by atoms with Crippen LogP contribution in [0.3, 0.4) is 0 Å². The van der Waals surface area contributed by atoms with E-state index in [1.807, 2.05) is 12.1 Å². The number of piperazine rings is 1. The van der Waals surface area contributed by atoms with Gasteiger partial charge in [0, 0.05) is 55.5 Å². The highest BCUT2D eigenvalue weighted by molar-refractivity contribution is 7.92. The van der Waals surface area contributed by atoms with Crippen molar-refractivity contribution in [2.24, 2.45) is 0 Å². The average Bonchev–Trinajstić information content (AvgIpc) is 3.38. The lowest BCUT2D eigenvalue weighted by Gasteiger charge is -2.34. The number of sulfonamides is 1. The molecule has 1 fully saturated rings. The number of para-hydroxylation sites is 1. The molecule has 204 valence electrons. The first kappa shape index (κ1) is 27.2. The van der Waals surface area contributed by atoms with E-state index >= 15 is 0 Å². The number of hydrogen-bond acceptors (Lipinski definition) is 8. The van der Waals surface area contributed by atoms with Crippen LogP contribution >= 0.6 is 22.9 Å². The van der Waals surface area contributed by atoms with E-state index in [9.17, 15) is 13.2 Å². The monoisotopic (exact) mass is 585 g/mol. The van der Waals surface area contributed by atoms with Crippen LogP contribution in [0.1, 0.15) is 10.4 Å². The molecule has 0 atom stereocenters. The predicted octanol–water partition coefficient (Wildman–Crippen LogP) is 4.31. The summed E-state index contributed by atoms with van der Waals surface area (Å²) in [5.74, 6) is 0.586. The number of nitrogens with one attached hydrogen (secondary N) is 2. The van der Waals surface area contributed by atoms with E-state index in [1.54, 1.807) is 42.7 Å². The normalized spacial score (nSPS) is 14.4. The predicted molar refractivity (Wildman–Crippen MR) is 156 cm³/mol. The molecule has 1 amide bonds. The molecule has 1 aliphatic heterocycles. The summed E-state index contributed by atoms with van der Waals surface area (Å²) >= 11 is 7.51. The van der Waals surface area contributed by atoms with Gasteiger partial charge in [-0.15, -0.1) is 0 Å². The molecular formula is C27H28ClN5O4S2. The third-order valence-electron chi connectivity index (χ3n) is 6.47. The molecule has 2 N–H and O–H groups in total. The average molecular weight is 586 g/mol. The maximum Gasteiger partial charge on any atom is 0.261 e. The minimum Gasteiger partial charge on any atom is -0.494 e. The Hall–Kier alpha value is -3.38. The lowest BCUT2D eigenvalue weighted by molar-refractivity contribution is 0.0948. The lowest BCUT2D eigenvalue weighted by atomic mass is 10.2. The topological polar surface area (TPSA) is 104 Å². The number of fused-ring (bicyclic) bond motifs is 1. The molecule has 1 aliphatic rings. The van der Waals surface area contributed by atoms with Gasteiger partial charge in [0.25, 0.3) is 15.9 Å². The summed E-state index contributed by atoms with van der Waals surface area (Å²) in [6.07, 6.45) is 0. The number of rotatable bonds is 9. The second kappa shape index (κ2) is 11.8. The van der Waals surface area contributed by atoms with Crippen LogP contribution in [0.25, 0.3) is 10.2 Å². The third-order valence-corrected chi connectivity index (χ3v) is 9.20. The van der Waals surface area contributed by atoms with Crippen LogP contribution in [0.2, 0.25) is 5.02 Å². The van der Waals surface area contributed by atoms with Gasteiger partial charge in [-0.2, -0.15) is 0 Å². The summed E-state index contributed by atoms with van der Waals surface area (Å²) in [6, 6.07) is 18.2. The number of hydrogen-bond donors (Lipinski definition) is 2. The van der Waals surface area contributed by atoms with Crippen molar-refractivity contribution in [3.63, 3.8) is 0 Å². The minimum absolute atomic E-state index is 0.106. The van der Waals surface area contributed by atoms with Gasteiger partial charge in [-0.1, -0.05) is 29.0 Å². The summed E-state index contributed by atoms with van der Waals surface area (Å²) < 4.78 is 34.1. The molecule has 2 heterocycles. The summed E-state index contributed by atoms with van der Waals surface area (Å²) in [4.78, 5) is 22.1. The van der Waals surface area contributed by atoms with Crippen LogP contribution in [0.4, 0.5) is 10.8 Å². The molecule has 0 unspecified atom stereocenters. The van der Waals surface area contributed by atoms with Gasteiger partial charge in [-0.3, -0.25) is 14.4 Å². The Balaban J connectivity index is 1.08. The quantitative estimate of drug-likeness (QED) is 0.302. The number of carbonyl (C=O) groups is 1. The smallest absolute Gasteiger partial charge is 0.261 e. The van der Waals surface area contributed by atoms with Crippen molar-refractivity contribution in [3.8, 4) is 5.75 Å². The third kappa shape index (κ3) is 6.44. The summed E-state index contributed by atoms with van der Waals surface area (Å²) in [5, 5.41) is 4.41. The van der Waals surface area contributed by atoms with Crippen LogP contribution in [0.15, 0.2) is 71.6 Å². The Bertz CT molecular complexity index is 1550. The number of nitrogens with zero attached hydrogens (tertiary/aromatic N) is 3. The van der Waals surface area contributed by atoms with Gasteiger partial charge in [0.2, 0.25) is 0 Å². The van der Waals surface area contributed by atoms with Crippen molar-refractivity contribution in [3.05, 3.63) is 77.3 Å². The molecule has 0 aliphatic carbocycles. The molecule has 0 spiro atoms. The second-order valence-corrected chi connectivity index (χ2v) is 12.2. The molecule has 0 saturated carbocycles. The minimum atomic E-state index is -3.75. The van der Waals surface area contributed by atoms with E-state index in [4.69, 9.17) is 21.3 Å². The van der Waals surface area contributed by atoms with Crippen LogP contribution in [-0.4, -0.2) is 70.6 Å². The first-order valence-electron chi connectivity index (χ1n) is 12.4. The van der Waals surface area contributed by atoms with Crippen molar-refractivity contribution < 1.29 is 17.9 Å². The highest BCUT2D eigenvalue weighted by Crippen LogP contribution is 2.34. The fraction of sp³-hybridized carbons (Fsp3) is 0.259. The zero-order valence-corrected chi connectivity index (χ0v) is 23.7. The Morgan fingerprint density at radius 2 is 1.74 bits per heavy atom. The Morgan fingerprint density at radius 3 is 2.44 bits per heavy atom. The molecule has 0 radical (unpaired) electrons. The number of carbonyl (C=O) groups excluding carboxylic acids is 1. The van der Waals surface area contributed by atoms with Crippen LogP contribution in [0, 0.1) is 0 Å². The van der Waals surface area contributed by atoms with Crippen LogP contribution in [-0.2, 0) is 10.0 Å². The zero-order chi connectivity index (χ0) is 27.4. The summed E-state index contributed by atoms with van der Waals surface area (Å²) in [5.41, 5.74) is 1.73. The van der Waals surface area contributed by atoms with E-state index in [-0.39, 0.29) is 10.8 Å². The molecular weight excluding hydrogens is 558 g/mol. The molecule has 9 nitrogen and oxygen atoms in total.